The molecule has 40 valence electrons. The van der Waals surface area contributed by atoms with Gasteiger partial charge in [-0.05, 0) is 0 Å². The van der Waals surface area contributed by atoms with Crippen molar-refractivity contribution in [2.75, 3.05) is 6.54 Å². The molecule has 0 atom stereocenters. The summed E-state index contributed by atoms with van der Waals surface area (Å²) in [7, 11) is 0. The smallest absolute Gasteiger partial charge is 0.154 e. The van der Waals surface area contributed by atoms with Gasteiger partial charge in [-0.25, -0.2) is 5.53 Å². The molecule has 0 amide bonds. The zero-order valence-electron chi connectivity index (χ0n) is 4.13. The van der Waals surface area contributed by atoms with Gasteiger partial charge < -0.3 is 0 Å². The molecule has 8 heavy (non-hydrogen) atoms. The Bertz CT molecular complexity index is 134. The lowest BCUT2D eigenvalue weighted by Gasteiger charge is -1.84. The van der Waals surface area contributed by atoms with Gasteiger partial charge in [0.15, 0.2) is 5.92 Å². The summed E-state index contributed by atoms with van der Waals surface area (Å²) in [6, 6.07) is 3.36. The van der Waals surface area contributed by atoms with Gasteiger partial charge in [0.25, 0.3) is 0 Å². The van der Waals surface area contributed by atoms with Crippen LogP contribution in [0.15, 0.2) is 5.11 Å². The van der Waals surface area contributed by atoms with Crippen LogP contribution in [0.25, 0.3) is 0 Å². The van der Waals surface area contributed by atoms with E-state index in [1.807, 2.05) is 0 Å². The highest BCUT2D eigenvalue weighted by Gasteiger charge is 2.00. The Kier molecular flexibility index (Phi) is 3.09. The Hall–Kier alpha value is -1.42. The standard InChI is InChI=1S/C4H4N4/c5-1-4(2-6)3-8-7/h4,7H,3H2. The van der Waals surface area contributed by atoms with Crippen molar-refractivity contribution in [3.8, 4) is 12.1 Å². The van der Waals surface area contributed by atoms with Gasteiger partial charge in [-0.2, -0.15) is 15.6 Å². The first-order valence-corrected chi connectivity index (χ1v) is 1.97. The largest absolute Gasteiger partial charge is 0.210 e. The van der Waals surface area contributed by atoms with Crippen LogP contribution in [0.1, 0.15) is 0 Å². The van der Waals surface area contributed by atoms with Gasteiger partial charge in [0.2, 0.25) is 0 Å². The third-order valence-corrected chi connectivity index (χ3v) is 0.586. The Morgan fingerprint density at radius 1 is 1.50 bits per heavy atom. The summed E-state index contributed by atoms with van der Waals surface area (Å²) < 4.78 is 0. The second kappa shape index (κ2) is 3.76. The van der Waals surface area contributed by atoms with Crippen molar-refractivity contribution < 1.29 is 0 Å². The monoisotopic (exact) mass is 108 g/mol. The molecule has 0 aliphatic carbocycles. The highest BCUT2D eigenvalue weighted by atomic mass is 14.9. The summed E-state index contributed by atoms with van der Waals surface area (Å²) >= 11 is 0. The lowest BCUT2D eigenvalue weighted by atomic mass is 10.2. The zero-order chi connectivity index (χ0) is 6.41. The predicted octanol–water partition coefficient (Wildman–Crippen LogP) is 0.681. The maximum absolute atomic E-state index is 8.04. The predicted molar refractivity (Wildman–Crippen MR) is 24.7 cm³/mol. The molecule has 0 saturated carbocycles. The fourth-order valence-corrected chi connectivity index (χ4v) is 0.202. The zero-order valence-corrected chi connectivity index (χ0v) is 4.13. The van der Waals surface area contributed by atoms with E-state index < -0.39 is 5.92 Å². The van der Waals surface area contributed by atoms with Crippen molar-refractivity contribution in [3.63, 3.8) is 0 Å². The van der Waals surface area contributed by atoms with E-state index in [-0.39, 0.29) is 6.54 Å². The van der Waals surface area contributed by atoms with Crippen LogP contribution in [0.5, 0.6) is 0 Å². The second-order valence-electron chi connectivity index (χ2n) is 1.15. The fraction of sp³-hybridized carbons (Fsp3) is 0.500. The minimum absolute atomic E-state index is 0.00694. The van der Waals surface area contributed by atoms with Crippen molar-refractivity contribution in [1.82, 2.24) is 0 Å². The summed E-state index contributed by atoms with van der Waals surface area (Å²) in [4.78, 5) is 0. The van der Waals surface area contributed by atoms with Gasteiger partial charge in [-0.1, -0.05) is 0 Å². The summed E-state index contributed by atoms with van der Waals surface area (Å²) in [5.41, 5.74) is 6.26. The fourth-order valence-electron chi connectivity index (χ4n) is 0.202. The normalized spacial score (nSPS) is 7.38. The van der Waals surface area contributed by atoms with Crippen LogP contribution in [-0.4, -0.2) is 6.54 Å². The van der Waals surface area contributed by atoms with Gasteiger partial charge in [0.1, 0.15) is 0 Å². The third-order valence-electron chi connectivity index (χ3n) is 0.586. The first kappa shape index (κ1) is 6.58. The second-order valence-corrected chi connectivity index (χ2v) is 1.15. The maximum Gasteiger partial charge on any atom is 0.154 e. The molecule has 0 aromatic rings. The van der Waals surface area contributed by atoms with E-state index in [2.05, 4.69) is 5.11 Å². The molecular weight excluding hydrogens is 104 g/mol. The minimum Gasteiger partial charge on any atom is -0.210 e. The molecule has 4 nitrogen and oxygen atoms in total. The third kappa shape index (κ3) is 1.89. The molecule has 0 bridgehead atoms. The van der Waals surface area contributed by atoms with Crippen molar-refractivity contribution in [2.24, 2.45) is 11.0 Å². The Morgan fingerprint density at radius 3 is 2.12 bits per heavy atom. The first-order valence-electron chi connectivity index (χ1n) is 1.97. The summed E-state index contributed by atoms with van der Waals surface area (Å²) in [5, 5.41) is 19.0. The van der Waals surface area contributed by atoms with Crippen molar-refractivity contribution in [1.29, 1.82) is 16.1 Å². The molecule has 0 spiro atoms. The molecule has 0 heterocycles. The summed E-state index contributed by atoms with van der Waals surface area (Å²) in [6.45, 7) is -0.00694. The Labute approximate surface area is 46.9 Å². The van der Waals surface area contributed by atoms with Gasteiger partial charge in [0.05, 0.1) is 18.7 Å². The van der Waals surface area contributed by atoms with E-state index >= 15 is 0 Å². The first-order chi connectivity index (χ1) is 3.85. The molecule has 4 heteroatoms. The number of nitriles is 2. The highest BCUT2D eigenvalue weighted by molar-refractivity contribution is 4.99. The van der Waals surface area contributed by atoms with Crippen LogP contribution in [0.2, 0.25) is 0 Å². The van der Waals surface area contributed by atoms with E-state index in [1.54, 1.807) is 12.1 Å². The molecule has 0 aromatic carbocycles. The minimum atomic E-state index is -0.743. The lowest BCUT2D eigenvalue weighted by molar-refractivity contribution is 0.785. The van der Waals surface area contributed by atoms with Crippen LogP contribution in [0.4, 0.5) is 0 Å². The number of rotatable bonds is 2. The van der Waals surface area contributed by atoms with Crippen molar-refractivity contribution in [3.05, 3.63) is 0 Å². The molecule has 1 N–H and O–H groups in total. The highest BCUT2D eigenvalue weighted by Crippen LogP contribution is 1.89. The van der Waals surface area contributed by atoms with Gasteiger partial charge >= 0.3 is 0 Å². The average Bonchev–Trinajstić information content (AvgIpc) is 1.83. The van der Waals surface area contributed by atoms with Gasteiger partial charge in [-0.3, -0.25) is 0 Å². The van der Waals surface area contributed by atoms with E-state index in [0.717, 1.165) is 0 Å². The molecule has 0 aromatic heterocycles. The summed E-state index contributed by atoms with van der Waals surface area (Å²) in [6.07, 6.45) is 0. The van der Waals surface area contributed by atoms with Crippen molar-refractivity contribution >= 4 is 0 Å². The quantitative estimate of drug-likeness (QED) is 0.527. The van der Waals surface area contributed by atoms with Gasteiger partial charge in [-0.15, -0.1) is 0 Å². The van der Waals surface area contributed by atoms with Crippen LogP contribution < -0.4 is 0 Å². The molecule has 0 fully saturated rings. The number of nitrogens with zero attached hydrogens (tertiary/aromatic N) is 3. The number of hydrogen-bond acceptors (Lipinski definition) is 4. The van der Waals surface area contributed by atoms with Crippen molar-refractivity contribution in [2.45, 2.75) is 0 Å². The van der Waals surface area contributed by atoms with Crippen LogP contribution in [0, 0.1) is 34.1 Å². The molecule has 0 rings (SSSR count). The number of hydrogen-bond donors (Lipinski definition) is 1. The summed E-state index contributed by atoms with van der Waals surface area (Å²) in [5.74, 6) is -0.743. The van der Waals surface area contributed by atoms with Gasteiger partial charge in [0, 0.05) is 0 Å². The number of nitrogens with one attached hydrogen (secondary N) is 1. The SMILES string of the molecule is N#CC(C#N)CN=N. The molecule has 0 radical (unpaired) electrons. The van der Waals surface area contributed by atoms with E-state index in [4.69, 9.17) is 16.1 Å². The van der Waals surface area contributed by atoms with Crippen LogP contribution in [0.3, 0.4) is 0 Å². The Morgan fingerprint density at radius 2 is 2.00 bits per heavy atom. The molecule has 0 aliphatic rings. The maximum atomic E-state index is 8.04. The lowest BCUT2D eigenvalue weighted by Crippen LogP contribution is -1.95. The van der Waals surface area contributed by atoms with E-state index in [0.29, 0.717) is 0 Å². The topological polar surface area (TPSA) is 83.8 Å². The molecule has 0 saturated heterocycles. The molecule has 0 unspecified atom stereocenters. The van der Waals surface area contributed by atoms with Crippen LogP contribution in [-0.2, 0) is 0 Å². The average molecular weight is 108 g/mol. The molecule has 0 aliphatic heterocycles. The Balaban J connectivity index is 3.62. The van der Waals surface area contributed by atoms with E-state index in [1.165, 1.54) is 0 Å². The van der Waals surface area contributed by atoms with E-state index in [9.17, 15) is 0 Å². The van der Waals surface area contributed by atoms with Crippen LogP contribution >= 0.6 is 0 Å². The molecular formula is C4H4N4.